The van der Waals surface area contributed by atoms with Crippen molar-refractivity contribution in [3.63, 3.8) is 0 Å². The fourth-order valence-corrected chi connectivity index (χ4v) is 4.51. The number of nitrogens with one attached hydrogen (secondary N) is 2. The van der Waals surface area contributed by atoms with Crippen LogP contribution in [0.1, 0.15) is 89.1 Å². The molecule has 2 aromatic rings. The molecular formula is C32H47N3O4. The van der Waals surface area contributed by atoms with Crippen LogP contribution in [-0.4, -0.2) is 41.0 Å². The van der Waals surface area contributed by atoms with E-state index in [2.05, 4.69) is 10.6 Å². The number of benzene rings is 2. The second-order valence-corrected chi connectivity index (χ2v) is 11.5. The molecule has 0 aliphatic carbocycles. The number of amides is 3. The SMILES string of the molecule is CCCCN(C(=O)C(NC(=O)OC(C)(C)C)C(C)CC)C(C(=O)Nc1c(C)cccc1C)c1cccc(C)c1. The van der Waals surface area contributed by atoms with Crippen LogP contribution in [0.5, 0.6) is 0 Å². The Bertz CT molecular complexity index is 1120. The standard InChI is InChI=1S/C32H47N3O4/c1-10-12-19-35(30(37)27(22(4)11-2)34-31(38)39-32(7,8)9)28(25-18-13-15-21(3)20-25)29(36)33-26-23(5)16-14-17-24(26)6/h13-18,20,22,27-28H,10-12,19H2,1-9H3,(H,33,36)(H,34,38). The first-order chi connectivity index (χ1) is 18.3. The Balaban J connectivity index is 2.59. The van der Waals surface area contributed by atoms with Crippen LogP contribution in [0, 0.1) is 26.7 Å². The number of nitrogens with zero attached hydrogens (tertiary/aromatic N) is 1. The summed E-state index contributed by atoms with van der Waals surface area (Å²) in [6, 6.07) is 11.8. The largest absolute Gasteiger partial charge is 0.444 e. The van der Waals surface area contributed by atoms with E-state index in [1.54, 1.807) is 25.7 Å². The van der Waals surface area contributed by atoms with Crippen LogP contribution >= 0.6 is 0 Å². The van der Waals surface area contributed by atoms with Crippen molar-refractivity contribution in [3.05, 3.63) is 64.7 Å². The maximum Gasteiger partial charge on any atom is 0.408 e. The third-order valence-corrected chi connectivity index (χ3v) is 6.83. The van der Waals surface area contributed by atoms with Crippen molar-refractivity contribution in [3.8, 4) is 0 Å². The van der Waals surface area contributed by atoms with Gasteiger partial charge in [-0.2, -0.15) is 0 Å². The molecule has 0 spiro atoms. The molecule has 0 saturated heterocycles. The second kappa shape index (κ2) is 14.2. The van der Waals surface area contributed by atoms with Crippen molar-refractivity contribution in [1.82, 2.24) is 10.2 Å². The van der Waals surface area contributed by atoms with Crippen LogP contribution in [0.4, 0.5) is 10.5 Å². The van der Waals surface area contributed by atoms with E-state index in [4.69, 9.17) is 4.74 Å². The number of ether oxygens (including phenoxy) is 1. The van der Waals surface area contributed by atoms with E-state index in [9.17, 15) is 14.4 Å². The van der Waals surface area contributed by atoms with Gasteiger partial charge in [-0.15, -0.1) is 0 Å². The van der Waals surface area contributed by atoms with Gasteiger partial charge in [0, 0.05) is 12.2 Å². The molecule has 3 atom stereocenters. The van der Waals surface area contributed by atoms with Crippen LogP contribution in [-0.2, 0) is 14.3 Å². The summed E-state index contributed by atoms with van der Waals surface area (Å²) in [5, 5.41) is 5.94. The van der Waals surface area contributed by atoms with E-state index in [1.807, 2.05) is 84.0 Å². The summed E-state index contributed by atoms with van der Waals surface area (Å²) < 4.78 is 5.49. The van der Waals surface area contributed by atoms with Crippen molar-refractivity contribution in [2.75, 3.05) is 11.9 Å². The van der Waals surface area contributed by atoms with Gasteiger partial charge in [-0.3, -0.25) is 9.59 Å². The fourth-order valence-electron chi connectivity index (χ4n) is 4.51. The Labute approximate surface area is 234 Å². The maximum absolute atomic E-state index is 14.3. The molecule has 2 rings (SSSR count). The van der Waals surface area contributed by atoms with E-state index in [0.29, 0.717) is 19.4 Å². The van der Waals surface area contributed by atoms with Crippen LogP contribution in [0.15, 0.2) is 42.5 Å². The molecule has 0 aromatic heterocycles. The summed E-state index contributed by atoms with van der Waals surface area (Å²) in [6.45, 7) is 17.5. The Kier molecular flexibility index (Phi) is 11.6. The second-order valence-electron chi connectivity index (χ2n) is 11.5. The number of hydrogen-bond donors (Lipinski definition) is 2. The molecular weight excluding hydrogens is 490 g/mol. The average molecular weight is 538 g/mol. The molecule has 0 heterocycles. The first-order valence-electron chi connectivity index (χ1n) is 14.0. The molecule has 0 aliphatic heterocycles. The van der Waals surface area contributed by atoms with Gasteiger partial charge in [-0.05, 0) is 70.6 Å². The highest BCUT2D eigenvalue weighted by Crippen LogP contribution is 2.29. The highest BCUT2D eigenvalue weighted by atomic mass is 16.6. The topological polar surface area (TPSA) is 87.7 Å². The first-order valence-corrected chi connectivity index (χ1v) is 14.0. The number of anilines is 1. The lowest BCUT2D eigenvalue weighted by Gasteiger charge is -2.36. The first kappa shape index (κ1) is 31.9. The van der Waals surface area contributed by atoms with Gasteiger partial charge in [0.15, 0.2) is 0 Å². The van der Waals surface area contributed by atoms with Crippen molar-refractivity contribution >= 4 is 23.6 Å². The number of para-hydroxylation sites is 1. The molecule has 3 unspecified atom stereocenters. The normalized spacial score (nSPS) is 13.7. The van der Waals surface area contributed by atoms with Gasteiger partial charge < -0.3 is 20.3 Å². The average Bonchev–Trinajstić information content (AvgIpc) is 2.85. The monoisotopic (exact) mass is 537 g/mol. The maximum atomic E-state index is 14.3. The lowest BCUT2D eigenvalue weighted by Crippen LogP contribution is -2.55. The molecule has 0 saturated carbocycles. The Morgan fingerprint density at radius 2 is 1.59 bits per heavy atom. The van der Waals surface area contributed by atoms with Crippen LogP contribution < -0.4 is 10.6 Å². The highest BCUT2D eigenvalue weighted by molar-refractivity contribution is 6.00. The van der Waals surface area contributed by atoms with E-state index >= 15 is 0 Å². The van der Waals surface area contributed by atoms with Crippen molar-refractivity contribution in [2.24, 2.45) is 5.92 Å². The summed E-state index contributed by atoms with van der Waals surface area (Å²) >= 11 is 0. The third kappa shape index (κ3) is 9.12. The number of carbonyl (C=O) groups is 3. The molecule has 3 amide bonds. The summed E-state index contributed by atoms with van der Waals surface area (Å²) in [5.74, 6) is -0.761. The molecule has 0 aliphatic rings. The minimum Gasteiger partial charge on any atom is -0.444 e. The van der Waals surface area contributed by atoms with Gasteiger partial charge in [0.1, 0.15) is 17.7 Å². The molecule has 214 valence electrons. The Morgan fingerprint density at radius 1 is 0.974 bits per heavy atom. The Hall–Kier alpha value is -3.35. The van der Waals surface area contributed by atoms with Crippen LogP contribution in [0.3, 0.4) is 0 Å². The zero-order chi connectivity index (χ0) is 29.3. The molecule has 0 radical (unpaired) electrons. The minimum absolute atomic E-state index is 0.172. The van der Waals surface area contributed by atoms with Gasteiger partial charge in [-0.25, -0.2) is 4.79 Å². The number of aryl methyl sites for hydroxylation is 3. The van der Waals surface area contributed by atoms with E-state index in [-0.39, 0.29) is 17.7 Å². The molecule has 7 nitrogen and oxygen atoms in total. The van der Waals surface area contributed by atoms with E-state index < -0.39 is 23.8 Å². The van der Waals surface area contributed by atoms with E-state index in [0.717, 1.165) is 34.4 Å². The zero-order valence-electron chi connectivity index (χ0n) is 25.2. The van der Waals surface area contributed by atoms with Crippen LogP contribution in [0.2, 0.25) is 0 Å². The fraction of sp³-hybridized carbons (Fsp3) is 0.531. The van der Waals surface area contributed by atoms with E-state index in [1.165, 1.54) is 0 Å². The molecule has 0 fully saturated rings. The number of unbranched alkanes of at least 4 members (excludes halogenated alkanes) is 1. The number of carbonyl (C=O) groups excluding carboxylic acids is 3. The number of alkyl carbamates (subject to hydrolysis) is 1. The summed E-state index contributed by atoms with van der Waals surface area (Å²) in [5.41, 5.74) is 3.65. The molecule has 39 heavy (non-hydrogen) atoms. The lowest BCUT2D eigenvalue weighted by atomic mass is 9.95. The summed E-state index contributed by atoms with van der Waals surface area (Å²) in [4.78, 5) is 42.8. The predicted octanol–water partition coefficient (Wildman–Crippen LogP) is 6.86. The lowest BCUT2D eigenvalue weighted by molar-refractivity contribution is -0.142. The zero-order valence-corrected chi connectivity index (χ0v) is 25.2. The van der Waals surface area contributed by atoms with Crippen molar-refractivity contribution < 1.29 is 19.1 Å². The van der Waals surface area contributed by atoms with Gasteiger partial charge in [0.2, 0.25) is 5.91 Å². The van der Waals surface area contributed by atoms with Crippen LogP contribution in [0.25, 0.3) is 0 Å². The molecule has 0 bridgehead atoms. The summed E-state index contributed by atoms with van der Waals surface area (Å²) in [6.07, 6.45) is 1.57. The predicted molar refractivity (Wildman–Crippen MR) is 158 cm³/mol. The number of hydrogen-bond acceptors (Lipinski definition) is 4. The van der Waals surface area contributed by atoms with Crippen molar-refractivity contribution in [2.45, 2.75) is 99.3 Å². The smallest absolute Gasteiger partial charge is 0.408 e. The van der Waals surface area contributed by atoms with Gasteiger partial charge >= 0.3 is 6.09 Å². The molecule has 2 N–H and O–H groups in total. The summed E-state index contributed by atoms with van der Waals surface area (Å²) in [7, 11) is 0. The van der Waals surface area contributed by atoms with Crippen molar-refractivity contribution in [1.29, 1.82) is 0 Å². The van der Waals surface area contributed by atoms with Gasteiger partial charge in [0.05, 0.1) is 0 Å². The highest BCUT2D eigenvalue weighted by Gasteiger charge is 2.38. The molecule has 2 aromatic carbocycles. The number of rotatable bonds is 11. The molecule has 7 heteroatoms. The quantitative estimate of drug-likeness (QED) is 0.328. The Morgan fingerprint density at radius 3 is 2.13 bits per heavy atom. The third-order valence-electron chi connectivity index (χ3n) is 6.83. The van der Waals surface area contributed by atoms with Gasteiger partial charge in [0.25, 0.3) is 5.91 Å². The minimum atomic E-state index is -0.880. The van der Waals surface area contributed by atoms with Gasteiger partial charge in [-0.1, -0.05) is 81.6 Å².